The number of aryl methyl sites for hydroxylation is 1. The highest BCUT2D eigenvalue weighted by molar-refractivity contribution is 5.91. The lowest BCUT2D eigenvalue weighted by molar-refractivity contribution is -0.385. The molecule has 2 aromatic carbocycles. The van der Waals surface area contributed by atoms with E-state index >= 15 is 0 Å². The summed E-state index contributed by atoms with van der Waals surface area (Å²) in [5.74, 6) is 1.48. The molecule has 13 heteroatoms. The molecule has 3 aromatic rings. The van der Waals surface area contributed by atoms with Crippen LogP contribution in [0.5, 0.6) is 5.75 Å². The highest BCUT2D eigenvalue weighted by Crippen LogP contribution is 2.39. The Morgan fingerprint density at radius 1 is 1.12 bits per heavy atom. The Labute approximate surface area is 241 Å². The van der Waals surface area contributed by atoms with E-state index in [0.717, 1.165) is 17.7 Å². The molecule has 4 rings (SSSR count). The third-order valence-electron chi connectivity index (χ3n) is 7.08. The Hall–Kier alpha value is -4.16. The quantitative estimate of drug-likeness (QED) is 0.238. The number of rotatable bonds is 6. The number of amides is 1. The number of halogens is 3. The Kier molecular flexibility index (Phi) is 8.51. The van der Waals surface area contributed by atoms with Crippen molar-refractivity contribution in [2.75, 3.05) is 25.5 Å². The van der Waals surface area contributed by atoms with Crippen molar-refractivity contribution in [1.82, 2.24) is 14.9 Å². The molecule has 1 aliphatic rings. The number of hydrogen-bond acceptors (Lipinski definition) is 8. The lowest BCUT2D eigenvalue weighted by atomic mass is 9.88. The Morgan fingerprint density at radius 3 is 2.36 bits per heavy atom. The maximum atomic E-state index is 13.5. The molecule has 1 N–H and O–H groups in total. The number of ether oxygens (including phenoxy) is 2. The monoisotopic (exact) mass is 589 g/mol. The molecule has 1 aliphatic heterocycles. The number of piperidine rings is 1. The van der Waals surface area contributed by atoms with E-state index in [1.165, 1.54) is 0 Å². The molecule has 1 atom stereocenters. The summed E-state index contributed by atoms with van der Waals surface area (Å²) in [7, 11) is 1.57. The van der Waals surface area contributed by atoms with E-state index in [2.05, 4.69) is 15.3 Å². The van der Waals surface area contributed by atoms with Gasteiger partial charge in [-0.3, -0.25) is 10.1 Å². The molecule has 0 saturated carbocycles. The standard InChI is InChI=1S/C29H34F3N5O5/c1-16(19-11-20(29(30,31)32)13-21(12-19)37(39)40)33-26-23-14-22(25(41-6)15-24(23)34-17(2)35-26)18-7-9-36(10-8-18)27(38)42-28(3,4)5/h11-16,18H,7-10H2,1-6H3,(H,33,34,35)/t16-/m1/s1. The number of non-ortho nitro benzene ring substituents is 1. The van der Waals surface area contributed by atoms with Crippen LogP contribution >= 0.6 is 0 Å². The number of benzene rings is 2. The minimum Gasteiger partial charge on any atom is -0.496 e. The topological polar surface area (TPSA) is 120 Å². The van der Waals surface area contributed by atoms with Gasteiger partial charge in [-0.25, -0.2) is 14.8 Å². The molecular formula is C29H34F3N5O5. The van der Waals surface area contributed by atoms with Crippen LogP contribution < -0.4 is 10.1 Å². The predicted molar refractivity (Wildman–Crippen MR) is 151 cm³/mol. The SMILES string of the molecule is COc1cc2nc(C)nc(N[C@H](C)c3cc([N+](=O)[O-])cc(C(F)(F)F)c3)c2cc1C1CCN(C(=O)OC(C)(C)C)CC1. The van der Waals surface area contributed by atoms with E-state index in [1.807, 2.05) is 26.8 Å². The van der Waals surface area contributed by atoms with Crippen molar-refractivity contribution in [2.45, 2.75) is 71.2 Å². The van der Waals surface area contributed by atoms with E-state index in [4.69, 9.17) is 9.47 Å². The van der Waals surface area contributed by atoms with Gasteiger partial charge in [-0.2, -0.15) is 13.2 Å². The number of nitro groups is 1. The molecule has 10 nitrogen and oxygen atoms in total. The molecule has 1 aromatic heterocycles. The number of anilines is 1. The van der Waals surface area contributed by atoms with E-state index in [9.17, 15) is 28.1 Å². The number of alkyl halides is 3. The van der Waals surface area contributed by atoms with Crippen LogP contribution in [0.25, 0.3) is 10.9 Å². The lowest BCUT2D eigenvalue weighted by Gasteiger charge is -2.34. The van der Waals surface area contributed by atoms with Gasteiger partial charge in [0.25, 0.3) is 5.69 Å². The Morgan fingerprint density at radius 2 is 1.79 bits per heavy atom. The number of nitrogens with one attached hydrogen (secondary N) is 1. The number of nitro benzene ring substituents is 1. The smallest absolute Gasteiger partial charge is 0.416 e. The van der Waals surface area contributed by atoms with Crippen molar-refractivity contribution in [2.24, 2.45) is 0 Å². The maximum Gasteiger partial charge on any atom is 0.416 e. The molecule has 1 amide bonds. The van der Waals surface area contributed by atoms with Crippen LogP contribution in [0.3, 0.4) is 0 Å². The van der Waals surface area contributed by atoms with Gasteiger partial charge in [0, 0.05) is 36.7 Å². The van der Waals surface area contributed by atoms with Gasteiger partial charge in [-0.1, -0.05) is 0 Å². The normalized spacial score (nSPS) is 15.4. The van der Waals surface area contributed by atoms with Crippen molar-refractivity contribution >= 4 is 28.5 Å². The first-order chi connectivity index (χ1) is 19.6. The second-order valence-corrected chi connectivity index (χ2v) is 11.4. The van der Waals surface area contributed by atoms with Gasteiger partial charge in [0.1, 0.15) is 23.0 Å². The number of likely N-dealkylation sites (tertiary alicyclic amines) is 1. The molecule has 0 unspecified atom stereocenters. The molecule has 42 heavy (non-hydrogen) atoms. The molecular weight excluding hydrogens is 555 g/mol. The summed E-state index contributed by atoms with van der Waals surface area (Å²) in [6.07, 6.45) is -3.77. The number of methoxy groups -OCH3 is 1. The van der Waals surface area contributed by atoms with Gasteiger partial charge < -0.3 is 19.7 Å². The molecule has 0 radical (unpaired) electrons. The van der Waals surface area contributed by atoms with Gasteiger partial charge >= 0.3 is 12.3 Å². The average molecular weight is 590 g/mol. The first kappa shape index (κ1) is 30.8. The van der Waals surface area contributed by atoms with E-state index in [0.29, 0.717) is 60.3 Å². The second-order valence-electron chi connectivity index (χ2n) is 11.4. The Balaban J connectivity index is 1.66. The van der Waals surface area contributed by atoms with Gasteiger partial charge in [0.15, 0.2) is 0 Å². The average Bonchev–Trinajstić information content (AvgIpc) is 2.90. The summed E-state index contributed by atoms with van der Waals surface area (Å²) < 4.78 is 51.7. The van der Waals surface area contributed by atoms with Crippen molar-refractivity contribution < 1.29 is 32.4 Å². The fourth-order valence-corrected chi connectivity index (χ4v) is 5.04. The molecule has 1 saturated heterocycles. The third kappa shape index (κ3) is 7.00. The fourth-order valence-electron chi connectivity index (χ4n) is 5.04. The summed E-state index contributed by atoms with van der Waals surface area (Å²) in [4.78, 5) is 33.8. The predicted octanol–water partition coefficient (Wildman–Crippen LogP) is 7.16. The minimum atomic E-state index is -4.75. The number of fused-ring (bicyclic) bond motifs is 1. The van der Waals surface area contributed by atoms with E-state index in [-0.39, 0.29) is 17.6 Å². The van der Waals surface area contributed by atoms with Crippen LogP contribution in [0, 0.1) is 17.0 Å². The van der Waals surface area contributed by atoms with Gasteiger partial charge in [-0.15, -0.1) is 0 Å². The summed E-state index contributed by atoms with van der Waals surface area (Å²) in [5.41, 5.74) is -0.793. The molecule has 0 aliphatic carbocycles. The first-order valence-electron chi connectivity index (χ1n) is 13.5. The largest absolute Gasteiger partial charge is 0.496 e. The van der Waals surface area contributed by atoms with Crippen LogP contribution in [0.4, 0.5) is 29.5 Å². The zero-order valence-electron chi connectivity index (χ0n) is 24.3. The fraction of sp³-hybridized carbons (Fsp3) is 0.483. The molecule has 2 heterocycles. The lowest BCUT2D eigenvalue weighted by Crippen LogP contribution is -2.41. The van der Waals surface area contributed by atoms with Crippen molar-refractivity contribution in [3.8, 4) is 5.75 Å². The summed E-state index contributed by atoms with van der Waals surface area (Å²) in [6, 6.07) is 5.48. The molecule has 0 spiro atoms. The Bertz CT molecular complexity index is 1500. The number of aromatic nitrogens is 2. The van der Waals surface area contributed by atoms with Crippen LogP contribution in [0.1, 0.15) is 75.0 Å². The minimum absolute atomic E-state index is 0.0562. The highest BCUT2D eigenvalue weighted by atomic mass is 19.4. The van der Waals surface area contributed by atoms with Crippen LogP contribution in [0.15, 0.2) is 30.3 Å². The van der Waals surface area contributed by atoms with Crippen molar-refractivity contribution in [3.05, 3.63) is 63.0 Å². The molecule has 1 fully saturated rings. The van der Waals surface area contributed by atoms with Crippen molar-refractivity contribution in [1.29, 1.82) is 0 Å². The van der Waals surface area contributed by atoms with Crippen LogP contribution in [-0.4, -0.2) is 51.7 Å². The molecule has 226 valence electrons. The van der Waals surface area contributed by atoms with Gasteiger partial charge in [0.05, 0.1) is 29.2 Å². The summed E-state index contributed by atoms with van der Waals surface area (Å²) in [6.45, 7) is 9.77. The first-order valence-corrected chi connectivity index (χ1v) is 13.5. The van der Waals surface area contributed by atoms with Gasteiger partial charge in [-0.05, 0) is 76.6 Å². The van der Waals surface area contributed by atoms with Crippen molar-refractivity contribution in [3.63, 3.8) is 0 Å². The van der Waals surface area contributed by atoms with Crippen LogP contribution in [-0.2, 0) is 10.9 Å². The summed E-state index contributed by atoms with van der Waals surface area (Å²) in [5, 5.41) is 15.1. The number of nitrogens with zero attached hydrogens (tertiary/aromatic N) is 4. The number of hydrogen-bond donors (Lipinski definition) is 1. The zero-order valence-corrected chi connectivity index (χ0v) is 24.3. The zero-order chi connectivity index (χ0) is 31.0. The molecule has 0 bridgehead atoms. The third-order valence-corrected chi connectivity index (χ3v) is 7.08. The summed E-state index contributed by atoms with van der Waals surface area (Å²) >= 11 is 0. The second kappa shape index (κ2) is 11.6. The van der Waals surface area contributed by atoms with Crippen LogP contribution in [0.2, 0.25) is 0 Å². The number of carbonyl (C=O) groups excluding carboxylic acids is 1. The van der Waals surface area contributed by atoms with E-state index in [1.54, 1.807) is 31.9 Å². The highest BCUT2D eigenvalue weighted by Gasteiger charge is 2.34. The van der Waals surface area contributed by atoms with E-state index < -0.39 is 34.0 Å². The maximum absolute atomic E-state index is 13.5. The van der Waals surface area contributed by atoms with Gasteiger partial charge in [0.2, 0.25) is 0 Å². The number of carbonyl (C=O) groups is 1.